The lowest BCUT2D eigenvalue weighted by Gasteiger charge is -2.22. The maximum Gasteiger partial charge on any atom is 0.330 e. The van der Waals surface area contributed by atoms with E-state index in [4.69, 9.17) is 10.5 Å². The highest BCUT2D eigenvalue weighted by atomic mass is 79.9. The van der Waals surface area contributed by atoms with Crippen molar-refractivity contribution in [1.82, 2.24) is 0 Å². The zero-order chi connectivity index (χ0) is 11.8. The Kier molecular flexibility index (Phi) is 3.04. The minimum atomic E-state index is -0.952. The third-order valence-corrected chi connectivity index (χ3v) is 3.47. The van der Waals surface area contributed by atoms with E-state index >= 15 is 0 Å². The highest BCUT2D eigenvalue weighted by Crippen LogP contribution is 2.37. The summed E-state index contributed by atoms with van der Waals surface area (Å²) >= 11 is 3.41. The van der Waals surface area contributed by atoms with Gasteiger partial charge in [0.2, 0.25) is 0 Å². The molecule has 1 aromatic rings. The number of benzene rings is 1. The van der Waals surface area contributed by atoms with E-state index < -0.39 is 5.54 Å². The second kappa shape index (κ2) is 4.18. The second-order valence-electron chi connectivity index (χ2n) is 3.99. The predicted molar refractivity (Wildman–Crippen MR) is 65.0 cm³/mol. The summed E-state index contributed by atoms with van der Waals surface area (Å²) in [5, 5.41) is 0. The van der Waals surface area contributed by atoms with Crippen LogP contribution in [0.1, 0.15) is 24.5 Å². The Morgan fingerprint density at radius 1 is 1.62 bits per heavy atom. The Bertz CT molecular complexity index is 433. The molecule has 0 heterocycles. The van der Waals surface area contributed by atoms with Crippen molar-refractivity contribution in [3.8, 4) is 0 Å². The molecule has 3 nitrogen and oxygen atoms in total. The predicted octanol–water partition coefficient (Wildman–Crippen LogP) is 2.11. The number of fused-ring (bicyclic) bond motifs is 1. The highest BCUT2D eigenvalue weighted by molar-refractivity contribution is 9.10. The van der Waals surface area contributed by atoms with Gasteiger partial charge in [0.15, 0.2) is 0 Å². The minimum Gasteiger partial charge on any atom is -0.464 e. The number of rotatable bonds is 2. The molecule has 0 fully saturated rings. The fourth-order valence-corrected chi connectivity index (χ4v) is 2.55. The highest BCUT2D eigenvalue weighted by Gasteiger charge is 2.43. The molecule has 0 aromatic heterocycles. The average molecular weight is 284 g/mol. The van der Waals surface area contributed by atoms with Crippen LogP contribution in [0.3, 0.4) is 0 Å². The van der Waals surface area contributed by atoms with Gasteiger partial charge in [0, 0.05) is 4.47 Å². The fourth-order valence-electron chi connectivity index (χ4n) is 2.14. The summed E-state index contributed by atoms with van der Waals surface area (Å²) in [6, 6.07) is 5.83. The van der Waals surface area contributed by atoms with Crippen LogP contribution in [0.5, 0.6) is 0 Å². The van der Waals surface area contributed by atoms with Gasteiger partial charge < -0.3 is 10.5 Å². The van der Waals surface area contributed by atoms with Crippen LogP contribution in [0.25, 0.3) is 0 Å². The molecule has 0 saturated heterocycles. The van der Waals surface area contributed by atoms with Crippen LogP contribution in [-0.4, -0.2) is 12.6 Å². The smallest absolute Gasteiger partial charge is 0.330 e. The molecule has 1 aromatic carbocycles. The Balaban J connectivity index is 2.38. The van der Waals surface area contributed by atoms with Gasteiger partial charge in [0.25, 0.3) is 0 Å². The van der Waals surface area contributed by atoms with E-state index in [1.165, 1.54) is 0 Å². The first-order valence-electron chi connectivity index (χ1n) is 5.33. The van der Waals surface area contributed by atoms with Gasteiger partial charge in [0.1, 0.15) is 5.54 Å². The summed E-state index contributed by atoms with van der Waals surface area (Å²) in [5.74, 6) is -0.323. The molecule has 1 aliphatic carbocycles. The molecule has 2 N–H and O–H groups in total. The lowest BCUT2D eigenvalue weighted by Crippen LogP contribution is -2.44. The number of halogens is 1. The van der Waals surface area contributed by atoms with Crippen LogP contribution in [-0.2, 0) is 21.5 Å². The van der Waals surface area contributed by atoms with E-state index in [1.807, 2.05) is 18.2 Å². The Morgan fingerprint density at radius 3 is 3.06 bits per heavy atom. The first-order chi connectivity index (χ1) is 7.58. The fraction of sp³-hybridized carbons (Fsp3) is 0.417. The van der Waals surface area contributed by atoms with Gasteiger partial charge in [-0.25, -0.2) is 4.79 Å². The summed E-state index contributed by atoms with van der Waals surface area (Å²) in [5.41, 5.74) is 7.24. The molecule has 2 rings (SSSR count). The second-order valence-corrected chi connectivity index (χ2v) is 4.91. The molecule has 0 spiro atoms. The number of carbonyl (C=O) groups is 1. The number of nitrogens with two attached hydrogens (primary N) is 1. The van der Waals surface area contributed by atoms with Crippen LogP contribution in [0.15, 0.2) is 22.7 Å². The van der Waals surface area contributed by atoms with E-state index in [-0.39, 0.29) is 5.97 Å². The van der Waals surface area contributed by atoms with E-state index in [1.54, 1.807) is 6.92 Å². The topological polar surface area (TPSA) is 52.3 Å². The van der Waals surface area contributed by atoms with Gasteiger partial charge in [0.05, 0.1) is 6.61 Å². The van der Waals surface area contributed by atoms with Gasteiger partial charge in [-0.2, -0.15) is 0 Å². The minimum absolute atomic E-state index is 0.323. The number of aryl methyl sites for hydroxylation is 1. The summed E-state index contributed by atoms with van der Waals surface area (Å²) in [6.07, 6.45) is 1.45. The number of hydrogen-bond donors (Lipinski definition) is 1. The average Bonchev–Trinajstić information content (AvgIpc) is 2.58. The molecular formula is C12H14BrNO2. The van der Waals surface area contributed by atoms with E-state index in [9.17, 15) is 4.79 Å². The first kappa shape index (κ1) is 11.6. The maximum atomic E-state index is 11.9. The van der Waals surface area contributed by atoms with Crippen molar-refractivity contribution in [3.63, 3.8) is 0 Å². The third kappa shape index (κ3) is 1.76. The van der Waals surface area contributed by atoms with Gasteiger partial charge >= 0.3 is 5.97 Å². The van der Waals surface area contributed by atoms with Crippen molar-refractivity contribution < 1.29 is 9.53 Å². The van der Waals surface area contributed by atoms with E-state index in [2.05, 4.69) is 15.9 Å². The van der Waals surface area contributed by atoms with Crippen molar-refractivity contribution in [2.24, 2.45) is 5.73 Å². The van der Waals surface area contributed by atoms with E-state index in [0.717, 1.165) is 22.0 Å². The Morgan fingerprint density at radius 2 is 2.38 bits per heavy atom. The number of esters is 1. The van der Waals surface area contributed by atoms with Crippen molar-refractivity contribution in [2.45, 2.75) is 25.3 Å². The van der Waals surface area contributed by atoms with Crippen LogP contribution in [0, 0.1) is 0 Å². The molecular weight excluding hydrogens is 270 g/mol. The maximum absolute atomic E-state index is 11.9. The largest absolute Gasteiger partial charge is 0.464 e. The Hall–Kier alpha value is -0.870. The molecule has 0 amide bonds. The zero-order valence-electron chi connectivity index (χ0n) is 9.13. The molecule has 1 aliphatic rings. The normalized spacial score (nSPS) is 22.9. The molecule has 16 heavy (non-hydrogen) atoms. The number of carbonyl (C=O) groups excluding carboxylic acids is 1. The van der Waals surface area contributed by atoms with Gasteiger partial charge in [-0.1, -0.05) is 22.0 Å². The standard InChI is InChI=1S/C12H14BrNO2/c1-2-16-11(15)12(14)6-5-8-7-9(13)3-4-10(8)12/h3-4,7H,2,5-6,14H2,1H3/t12-/m1/s1. The number of hydrogen-bond acceptors (Lipinski definition) is 3. The zero-order valence-corrected chi connectivity index (χ0v) is 10.7. The van der Waals surface area contributed by atoms with Gasteiger partial charge in [-0.3, -0.25) is 0 Å². The summed E-state index contributed by atoms with van der Waals surface area (Å²) in [4.78, 5) is 11.9. The molecule has 0 bridgehead atoms. The Labute approximate surface area is 103 Å². The quantitative estimate of drug-likeness (QED) is 0.846. The van der Waals surface area contributed by atoms with Crippen LogP contribution in [0.2, 0.25) is 0 Å². The van der Waals surface area contributed by atoms with Crippen molar-refractivity contribution >= 4 is 21.9 Å². The monoisotopic (exact) mass is 283 g/mol. The van der Waals surface area contributed by atoms with Crippen LogP contribution < -0.4 is 5.73 Å². The number of ether oxygens (including phenoxy) is 1. The molecule has 1 atom stereocenters. The molecule has 0 unspecified atom stereocenters. The SMILES string of the molecule is CCOC(=O)[C@@]1(N)CCc2cc(Br)ccc21. The van der Waals surface area contributed by atoms with Gasteiger partial charge in [-0.15, -0.1) is 0 Å². The van der Waals surface area contributed by atoms with Crippen LogP contribution in [0.4, 0.5) is 0 Å². The van der Waals surface area contributed by atoms with Gasteiger partial charge in [-0.05, 0) is 43.0 Å². The van der Waals surface area contributed by atoms with Crippen molar-refractivity contribution in [1.29, 1.82) is 0 Å². The first-order valence-corrected chi connectivity index (χ1v) is 6.12. The lowest BCUT2D eigenvalue weighted by molar-refractivity contribution is -0.150. The summed E-state index contributed by atoms with van der Waals surface area (Å²) in [6.45, 7) is 2.16. The molecule has 4 heteroatoms. The molecule has 0 radical (unpaired) electrons. The van der Waals surface area contributed by atoms with E-state index in [0.29, 0.717) is 13.0 Å². The molecule has 0 saturated carbocycles. The third-order valence-electron chi connectivity index (χ3n) is 2.98. The molecule has 86 valence electrons. The lowest BCUT2D eigenvalue weighted by atomic mass is 9.93. The van der Waals surface area contributed by atoms with Crippen molar-refractivity contribution in [3.05, 3.63) is 33.8 Å². The molecule has 0 aliphatic heterocycles. The van der Waals surface area contributed by atoms with Crippen LogP contribution >= 0.6 is 15.9 Å². The van der Waals surface area contributed by atoms with Crippen molar-refractivity contribution in [2.75, 3.05) is 6.61 Å². The summed E-state index contributed by atoms with van der Waals surface area (Å²) < 4.78 is 6.05. The summed E-state index contributed by atoms with van der Waals surface area (Å²) in [7, 11) is 0.